The monoisotopic (exact) mass is 290 g/mol. The molecule has 0 heterocycles. The lowest BCUT2D eigenvalue weighted by molar-refractivity contribution is 0.0926. The fourth-order valence-electron chi connectivity index (χ4n) is 2.56. The van der Waals surface area contributed by atoms with Gasteiger partial charge in [-0.3, -0.25) is 4.79 Å². The van der Waals surface area contributed by atoms with Gasteiger partial charge in [0.2, 0.25) is 0 Å². The Morgan fingerprint density at radius 3 is 2.19 bits per heavy atom. The normalized spacial score (nSPS) is 12.3. The highest BCUT2D eigenvalue weighted by molar-refractivity contribution is 5.96. The molecule has 3 nitrogen and oxygen atoms in total. The molecule has 0 saturated heterocycles. The molecule has 0 saturated carbocycles. The summed E-state index contributed by atoms with van der Waals surface area (Å²) in [6.45, 7) is 11.9. The number of benzene rings is 1. The summed E-state index contributed by atoms with van der Waals surface area (Å²) in [4.78, 5) is 12.6. The van der Waals surface area contributed by atoms with Gasteiger partial charge in [0, 0.05) is 12.1 Å². The van der Waals surface area contributed by atoms with E-state index in [0.717, 1.165) is 24.0 Å². The molecule has 1 rings (SSSR count). The van der Waals surface area contributed by atoms with Gasteiger partial charge in [0.1, 0.15) is 0 Å². The average Bonchev–Trinajstić information content (AvgIpc) is 2.48. The molecule has 0 spiro atoms. The average molecular weight is 290 g/mol. The Balaban J connectivity index is 2.91. The first kappa shape index (κ1) is 17.7. The highest BCUT2D eigenvalue weighted by Gasteiger charge is 2.26. The van der Waals surface area contributed by atoms with Crippen molar-refractivity contribution in [2.24, 2.45) is 11.1 Å². The Bertz CT molecular complexity index is 462. The minimum absolute atomic E-state index is 0.000231. The van der Waals surface area contributed by atoms with Crippen molar-refractivity contribution in [2.75, 3.05) is 13.1 Å². The van der Waals surface area contributed by atoms with Gasteiger partial charge in [0.15, 0.2) is 0 Å². The van der Waals surface area contributed by atoms with Crippen LogP contribution in [0.4, 0.5) is 0 Å². The van der Waals surface area contributed by atoms with Crippen LogP contribution in [0.3, 0.4) is 0 Å². The van der Waals surface area contributed by atoms with E-state index >= 15 is 0 Å². The third-order valence-electron chi connectivity index (χ3n) is 4.54. The molecular formula is C18H30N2O. The van der Waals surface area contributed by atoms with E-state index in [1.807, 2.05) is 24.3 Å². The standard InChI is InChI=1S/C18H30N2O/c1-6-18(7-2,12-19)13-20-16(21)14-10-8-9-11-15(14)17(3,4)5/h8-11H,6-7,12-13,19H2,1-5H3,(H,20,21). The van der Waals surface area contributed by atoms with E-state index in [1.165, 1.54) is 0 Å². The van der Waals surface area contributed by atoms with E-state index in [9.17, 15) is 4.79 Å². The zero-order valence-corrected chi connectivity index (χ0v) is 14.1. The highest BCUT2D eigenvalue weighted by atomic mass is 16.1. The molecule has 0 aliphatic carbocycles. The third kappa shape index (κ3) is 4.31. The van der Waals surface area contributed by atoms with Crippen molar-refractivity contribution in [2.45, 2.75) is 52.9 Å². The molecule has 0 bridgehead atoms. The SMILES string of the molecule is CCC(CC)(CN)CNC(=O)c1ccccc1C(C)(C)C. The Morgan fingerprint density at radius 2 is 1.71 bits per heavy atom. The Labute approximate surface area is 129 Å². The van der Waals surface area contributed by atoms with E-state index < -0.39 is 0 Å². The maximum absolute atomic E-state index is 12.6. The molecule has 0 aromatic heterocycles. The smallest absolute Gasteiger partial charge is 0.251 e. The van der Waals surface area contributed by atoms with Gasteiger partial charge >= 0.3 is 0 Å². The van der Waals surface area contributed by atoms with Crippen LogP contribution in [0.1, 0.15) is 63.4 Å². The summed E-state index contributed by atoms with van der Waals surface area (Å²) in [7, 11) is 0. The number of carbonyl (C=O) groups excluding carboxylic acids is 1. The molecule has 0 radical (unpaired) electrons. The van der Waals surface area contributed by atoms with Gasteiger partial charge in [-0.05, 0) is 41.8 Å². The van der Waals surface area contributed by atoms with Gasteiger partial charge in [0.25, 0.3) is 5.91 Å². The first-order valence-electron chi connectivity index (χ1n) is 7.87. The van der Waals surface area contributed by atoms with E-state index in [-0.39, 0.29) is 16.7 Å². The van der Waals surface area contributed by atoms with Gasteiger partial charge in [-0.15, -0.1) is 0 Å². The lowest BCUT2D eigenvalue weighted by atomic mass is 9.81. The highest BCUT2D eigenvalue weighted by Crippen LogP contribution is 2.27. The summed E-state index contributed by atoms with van der Waals surface area (Å²) in [5.74, 6) is 0.000231. The van der Waals surface area contributed by atoms with Crippen LogP contribution in [0.2, 0.25) is 0 Å². The number of rotatable bonds is 6. The van der Waals surface area contributed by atoms with E-state index in [1.54, 1.807) is 0 Å². The van der Waals surface area contributed by atoms with Crippen molar-refractivity contribution in [1.82, 2.24) is 5.32 Å². The quantitative estimate of drug-likeness (QED) is 0.842. The zero-order valence-electron chi connectivity index (χ0n) is 14.1. The number of nitrogens with two attached hydrogens (primary N) is 1. The summed E-state index contributed by atoms with van der Waals surface area (Å²) in [5.41, 5.74) is 7.71. The molecule has 3 heteroatoms. The van der Waals surface area contributed by atoms with E-state index in [4.69, 9.17) is 5.73 Å². The van der Waals surface area contributed by atoms with E-state index in [0.29, 0.717) is 13.1 Å². The van der Waals surface area contributed by atoms with Crippen LogP contribution < -0.4 is 11.1 Å². The second kappa shape index (κ2) is 7.08. The predicted molar refractivity (Wildman–Crippen MR) is 89.5 cm³/mol. The Hall–Kier alpha value is -1.35. The summed E-state index contributed by atoms with van der Waals surface area (Å²) in [6.07, 6.45) is 1.95. The maximum Gasteiger partial charge on any atom is 0.251 e. The topological polar surface area (TPSA) is 55.1 Å². The summed E-state index contributed by atoms with van der Waals surface area (Å²) < 4.78 is 0. The second-order valence-electron chi connectivity index (χ2n) is 6.89. The van der Waals surface area contributed by atoms with Crippen LogP contribution in [0.15, 0.2) is 24.3 Å². The number of hydrogen-bond donors (Lipinski definition) is 2. The molecule has 0 aliphatic heterocycles. The minimum Gasteiger partial charge on any atom is -0.351 e. The molecule has 0 fully saturated rings. The molecule has 0 aliphatic rings. The number of hydrogen-bond acceptors (Lipinski definition) is 2. The van der Waals surface area contributed by atoms with Gasteiger partial charge < -0.3 is 11.1 Å². The van der Waals surface area contributed by atoms with Crippen molar-refractivity contribution in [1.29, 1.82) is 0 Å². The van der Waals surface area contributed by atoms with Crippen molar-refractivity contribution >= 4 is 5.91 Å². The molecule has 0 unspecified atom stereocenters. The summed E-state index contributed by atoms with van der Waals surface area (Å²) >= 11 is 0. The number of nitrogens with one attached hydrogen (secondary N) is 1. The molecule has 3 N–H and O–H groups in total. The first-order valence-corrected chi connectivity index (χ1v) is 7.87. The predicted octanol–water partition coefficient (Wildman–Crippen LogP) is 3.48. The molecule has 21 heavy (non-hydrogen) atoms. The van der Waals surface area contributed by atoms with Crippen LogP contribution in [-0.2, 0) is 5.41 Å². The minimum atomic E-state index is -0.0472. The largest absolute Gasteiger partial charge is 0.351 e. The molecular weight excluding hydrogens is 260 g/mol. The Morgan fingerprint density at radius 1 is 1.14 bits per heavy atom. The van der Waals surface area contributed by atoms with Gasteiger partial charge in [-0.2, -0.15) is 0 Å². The number of carbonyl (C=O) groups is 1. The third-order valence-corrected chi connectivity index (χ3v) is 4.54. The zero-order chi connectivity index (χ0) is 16.1. The molecule has 1 aromatic rings. The maximum atomic E-state index is 12.6. The molecule has 1 amide bonds. The van der Waals surface area contributed by atoms with Crippen molar-refractivity contribution in [3.63, 3.8) is 0 Å². The van der Waals surface area contributed by atoms with Crippen LogP contribution in [0, 0.1) is 5.41 Å². The fraction of sp³-hybridized carbons (Fsp3) is 0.611. The summed E-state index contributed by atoms with van der Waals surface area (Å²) in [5, 5.41) is 3.09. The Kier molecular flexibility index (Phi) is 5.97. The van der Waals surface area contributed by atoms with Crippen LogP contribution in [0.25, 0.3) is 0 Å². The summed E-state index contributed by atoms with van der Waals surface area (Å²) in [6, 6.07) is 7.84. The lowest BCUT2D eigenvalue weighted by Gasteiger charge is -2.30. The van der Waals surface area contributed by atoms with Gasteiger partial charge in [0.05, 0.1) is 0 Å². The molecule has 0 atom stereocenters. The van der Waals surface area contributed by atoms with Crippen molar-refractivity contribution < 1.29 is 4.79 Å². The van der Waals surface area contributed by atoms with Crippen LogP contribution in [0.5, 0.6) is 0 Å². The van der Waals surface area contributed by atoms with Crippen LogP contribution >= 0.6 is 0 Å². The van der Waals surface area contributed by atoms with Gasteiger partial charge in [-0.25, -0.2) is 0 Å². The first-order chi connectivity index (χ1) is 9.79. The molecule has 118 valence electrons. The fourth-order valence-corrected chi connectivity index (χ4v) is 2.56. The van der Waals surface area contributed by atoms with Crippen molar-refractivity contribution in [3.8, 4) is 0 Å². The van der Waals surface area contributed by atoms with E-state index in [2.05, 4.69) is 39.9 Å². The van der Waals surface area contributed by atoms with Crippen LogP contribution in [-0.4, -0.2) is 19.0 Å². The lowest BCUT2D eigenvalue weighted by Crippen LogP contribution is -2.42. The van der Waals surface area contributed by atoms with Gasteiger partial charge in [-0.1, -0.05) is 52.8 Å². The van der Waals surface area contributed by atoms with Crippen molar-refractivity contribution in [3.05, 3.63) is 35.4 Å². The molecule has 1 aromatic carbocycles. The number of amides is 1. The second-order valence-corrected chi connectivity index (χ2v) is 6.89.